The van der Waals surface area contributed by atoms with E-state index in [2.05, 4.69) is 48.9 Å². The van der Waals surface area contributed by atoms with Crippen molar-refractivity contribution in [1.82, 2.24) is 0 Å². The number of benzene rings is 7. The van der Waals surface area contributed by atoms with Gasteiger partial charge in [0.1, 0.15) is 9.79 Å². The molecule has 7 aromatic rings. The number of carbonyl (C=O) groups is 1. The Morgan fingerprint density at radius 1 is 0.548 bits per heavy atom. The van der Waals surface area contributed by atoms with Crippen molar-refractivity contribution in [3.63, 3.8) is 0 Å². The van der Waals surface area contributed by atoms with Crippen LogP contribution in [0.2, 0.25) is 0 Å². The summed E-state index contributed by atoms with van der Waals surface area (Å²) >= 11 is 0. The minimum absolute atomic E-state index is 0.132. The van der Waals surface area contributed by atoms with Crippen molar-refractivity contribution in [2.24, 2.45) is 0 Å². The Balaban J connectivity index is 1.46. The molecule has 0 unspecified atom stereocenters. The normalized spacial score (nSPS) is 11.5. The molecular weight excluding hydrogens is 819 g/mol. The molecule has 0 saturated heterocycles. The van der Waals surface area contributed by atoms with Crippen LogP contribution in [-0.4, -0.2) is 31.8 Å². The molecule has 0 aliphatic rings. The fourth-order valence-corrected chi connectivity index (χ4v) is 9.81. The molecule has 0 radical (unpaired) electrons. The number of carbonyl (C=O) groups excluding carboxylic acids is 1. The summed E-state index contributed by atoms with van der Waals surface area (Å²) in [7, 11) is -9.36. The van der Waals surface area contributed by atoms with Crippen LogP contribution in [0.5, 0.6) is 0 Å². The Morgan fingerprint density at radius 3 is 1.73 bits per heavy atom. The lowest BCUT2D eigenvalue weighted by atomic mass is 9.82. The largest absolute Gasteiger partial charge is 0.354 e. The van der Waals surface area contributed by atoms with Crippen LogP contribution < -0.4 is 16.0 Å². The Morgan fingerprint density at radius 2 is 1.10 bits per heavy atom. The Kier molecular flexibility index (Phi) is 12.1. The highest BCUT2D eigenvalue weighted by atomic mass is 32.2. The van der Waals surface area contributed by atoms with Gasteiger partial charge >= 0.3 is 10.1 Å². The van der Waals surface area contributed by atoms with Gasteiger partial charge in [-0.05, 0) is 142 Å². The van der Waals surface area contributed by atoms with E-state index in [4.69, 9.17) is 0 Å². The van der Waals surface area contributed by atoms with E-state index < -0.39 is 26.1 Å². The van der Waals surface area contributed by atoms with Gasteiger partial charge in [-0.1, -0.05) is 72.3 Å². The van der Waals surface area contributed by atoms with Crippen molar-refractivity contribution in [1.29, 1.82) is 0 Å². The average Bonchev–Trinajstić information content (AvgIpc) is 3.21. The molecular formula is C50H46N3O7S2+. The first-order chi connectivity index (χ1) is 29.4. The van der Waals surface area contributed by atoms with E-state index in [1.807, 2.05) is 54.6 Å². The molecule has 0 saturated carbocycles. The quantitative estimate of drug-likeness (QED) is 0.0457. The summed E-state index contributed by atoms with van der Waals surface area (Å²) in [5.74, 6) is -0.116. The number of amides is 1. The fraction of sp³-hybridized carbons (Fsp3) is 0.120. The molecule has 0 aliphatic carbocycles. The maximum absolute atomic E-state index is 14.4. The van der Waals surface area contributed by atoms with Crippen LogP contribution in [0.4, 0.5) is 28.4 Å². The summed E-state index contributed by atoms with van der Waals surface area (Å²) in [5.41, 5.74) is 10.6. The van der Waals surface area contributed by atoms with E-state index in [9.17, 15) is 30.7 Å². The van der Waals surface area contributed by atoms with Crippen LogP contribution in [0.15, 0.2) is 149 Å². The van der Waals surface area contributed by atoms with Gasteiger partial charge in [0, 0.05) is 28.7 Å². The van der Waals surface area contributed by atoms with Gasteiger partial charge in [-0.25, -0.2) is 0 Å². The number of hydrogen-bond acceptors (Lipinski definition) is 7. The number of anilines is 5. The SMILES string of the molecule is Cc1cc(C)c(Nc2ccc([C+](c3ccc(Nc4c(C)cc(C)c(S(=O)(=O)O)c4C)c(C(=O)Nc4ccccc4)c3)c3ccccc3S(=O)(=O)O)cc2-c2ccccc2)c(C)c1. The van der Waals surface area contributed by atoms with Crippen molar-refractivity contribution in [3.8, 4) is 11.1 Å². The van der Waals surface area contributed by atoms with Gasteiger partial charge in [0.25, 0.3) is 16.0 Å². The summed E-state index contributed by atoms with van der Waals surface area (Å²) in [5, 5.41) is 9.89. The van der Waals surface area contributed by atoms with Crippen LogP contribution in [0.25, 0.3) is 11.1 Å². The number of rotatable bonds is 12. The maximum Gasteiger partial charge on any atom is 0.315 e. The molecule has 7 rings (SSSR count). The van der Waals surface area contributed by atoms with Crippen LogP contribution in [0.1, 0.15) is 60.4 Å². The second-order valence-electron chi connectivity index (χ2n) is 15.4. The second-order valence-corrected chi connectivity index (χ2v) is 18.1. The minimum Gasteiger partial charge on any atom is -0.354 e. The first-order valence-electron chi connectivity index (χ1n) is 19.8. The van der Waals surface area contributed by atoms with Gasteiger partial charge in [0.05, 0.1) is 39.5 Å². The number of aryl methyl sites for hydroxylation is 5. The Bertz CT molecular complexity index is 3060. The minimum atomic E-state index is -4.76. The van der Waals surface area contributed by atoms with Gasteiger partial charge < -0.3 is 16.0 Å². The summed E-state index contributed by atoms with van der Waals surface area (Å²) in [4.78, 5) is 13.9. The summed E-state index contributed by atoms with van der Waals surface area (Å²) in [6.45, 7) is 11.1. The molecule has 12 heteroatoms. The Hall–Kier alpha value is -6.70. The monoisotopic (exact) mass is 864 g/mol. The van der Waals surface area contributed by atoms with E-state index in [0.29, 0.717) is 45.2 Å². The average molecular weight is 865 g/mol. The predicted molar refractivity (Wildman–Crippen MR) is 247 cm³/mol. The molecule has 5 N–H and O–H groups in total. The highest BCUT2D eigenvalue weighted by Crippen LogP contribution is 2.42. The molecule has 0 atom stereocenters. The summed E-state index contributed by atoms with van der Waals surface area (Å²) in [6, 6.07) is 41.4. The first-order valence-corrected chi connectivity index (χ1v) is 22.6. The van der Waals surface area contributed by atoms with E-state index in [1.54, 1.807) is 81.4 Å². The first kappa shape index (κ1) is 43.4. The van der Waals surface area contributed by atoms with E-state index in [0.717, 1.165) is 39.2 Å². The van der Waals surface area contributed by atoms with Crippen molar-refractivity contribution in [3.05, 3.63) is 201 Å². The highest BCUT2D eigenvalue weighted by Gasteiger charge is 2.33. The molecule has 0 heterocycles. The molecule has 0 bridgehead atoms. The van der Waals surface area contributed by atoms with Crippen molar-refractivity contribution >= 4 is 54.6 Å². The lowest BCUT2D eigenvalue weighted by Crippen LogP contribution is -2.17. The molecule has 7 aromatic carbocycles. The second kappa shape index (κ2) is 17.3. The van der Waals surface area contributed by atoms with Gasteiger partial charge in [-0.2, -0.15) is 16.8 Å². The van der Waals surface area contributed by atoms with Crippen molar-refractivity contribution in [2.75, 3.05) is 16.0 Å². The zero-order chi connectivity index (χ0) is 44.5. The molecule has 1 amide bonds. The molecule has 0 aromatic heterocycles. The molecule has 10 nitrogen and oxygen atoms in total. The van der Waals surface area contributed by atoms with Crippen molar-refractivity contribution in [2.45, 2.75) is 51.3 Å². The molecule has 0 aliphatic heterocycles. The Labute approximate surface area is 363 Å². The predicted octanol–water partition coefficient (Wildman–Crippen LogP) is 11.5. The third-order valence-corrected chi connectivity index (χ3v) is 12.8. The zero-order valence-electron chi connectivity index (χ0n) is 35.0. The van der Waals surface area contributed by atoms with Gasteiger partial charge in [0.2, 0.25) is 0 Å². The van der Waals surface area contributed by atoms with Crippen molar-refractivity contribution < 1.29 is 30.7 Å². The van der Waals surface area contributed by atoms with Gasteiger partial charge in [0.15, 0.2) is 0 Å². The number of hydrogen-bond donors (Lipinski definition) is 5. The standard InChI is InChI=1S/C50H45N3O7S2/c1-30-25-31(2)47(32(3)26-30)52-43-23-21-37(28-41(43)36-15-9-7-10-16-36)46(40-19-13-14-20-45(40)61(55,56)57)38-22-24-44(42(29-38)50(54)51-39-17-11-8-12-18-39)53-48-33(4)27-34(5)49(35(48)6)62(58,59)60/h7-29,52H,1-6H3,(H3-,51,53,54,55,56,57,58,59,60)/p+1. The van der Waals surface area contributed by atoms with E-state index in [1.165, 1.54) is 12.1 Å². The topological polar surface area (TPSA) is 162 Å². The van der Waals surface area contributed by atoms with E-state index in [-0.39, 0.29) is 26.5 Å². The summed E-state index contributed by atoms with van der Waals surface area (Å²) in [6.07, 6.45) is 0. The number of para-hydroxylation sites is 1. The fourth-order valence-electron chi connectivity index (χ4n) is 8.16. The summed E-state index contributed by atoms with van der Waals surface area (Å²) < 4.78 is 72.0. The third-order valence-electron chi connectivity index (χ3n) is 10.8. The smallest absolute Gasteiger partial charge is 0.315 e. The third kappa shape index (κ3) is 9.14. The van der Waals surface area contributed by atoms with Crippen LogP contribution >= 0.6 is 0 Å². The van der Waals surface area contributed by atoms with Crippen LogP contribution in [0.3, 0.4) is 0 Å². The van der Waals surface area contributed by atoms with Gasteiger partial charge in [-0.15, -0.1) is 0 Å². The lowest BCUT2D eigenvalue weighted by Gasteiger charge is -2.22. The highest BCUT2D eigenvalue weighted by molar-refractivity contribution is 7.86. The molecule has 0 spiro atoms. The van der Waals surface area contributed by atoms with E-state index >= 15 is 0 Å². The molecule has 0 fully saturated rings. The zero-order valence-corrected chi connectivity index (χ0v) is 36.7. The number of nitrogens with one attached hydrogen (secondary N) is 3. The maximum atomic E-state index is 14.4. The molecule has 62 heavy (non-hydrogen) atoms. The van der Waals surface area contributed by atoms with Crippen LogP contribution in [0, 0.1) is 47.5 Å². The lowest BCUT2D eigenvalue weighted by molar-refractivity contribution is 0.102. The van der Waals surface area contributed by atoms with Crippen LogP contribution in [-0.2, 0) is 20.2 Å². The van der Waals surface area contributed by atoms with Gasteiger partial charge in [-0.3, -0.25) is 13.9 Å². The molecule has 314 valence electrons.